The number of hydrogen-bond donors (Lipinski definition) is 1. The summed E-state index contributed by atoms with van der Waals surface area (Å²) in [6, 6.07) is 0.522. The zero-order valence-corrected chi connectivity index (χ0v) is 10.7. The first-order valence-electron chi connectivity index (χ1n) is 6.14. The second-order valence-corrected chi connectivity index (χ2v) is 4.75. The Labute approximate surface area is 98.3 Å². The van der Waals surface area contributed by atoms with E-state index in [-0.39, 0.29) is 5.97 Å². The third-order valence-electron chi connectivity index (χ3n) is 3.09. The molecule has 1 rings (SSSR count). The average Bonchev–Trinajstić information content (AvgIpc) is 2.25. The Morgan fingerprint density at radius 1 is 1.50 bits per heavy atom. The molecule has 0 amide bonds. The van der Waals surface area contributed by atoms with Crippen LogP contribution in [0.4, 0.5) is 0 Å². The Balaban J connectivity index is 2.37. The molecule has 0 aliphatic carbocycles. The van der Waals surface area contributed by atoms with E-state index in [0.29, 0.717) is 18.4 Å². The van der Waals surface area contributed by atoms with Crippen molar-refractivity contribution in [2.75, 3.05) is 33.8 Å². The van der Waals surface area contributed by atoms with E-state index >= 15 is 0 Å². The zero-order chi connectivity index (χ0) is 12.0. The highest BCUT2D eigenvalue weighted by atomic mass is 16.5. The number of methoxy groups -OCH3 is 1. The molecule has 16 heavy (non-hydrogen) atoms. The molecule has 4 heteroatoms. The number of carbonyl (C=O) groups excluding carboxylic acids is 1. The Morgan fingerprint density at radius 2 is 2.25 bits per heavy atom. The van der Waals surface area contributed by atoms with Crippen molar-refractivity contribution >= 4 is 5.97 Å². The van der Waals surface area contributed by atoms with Crippen molar-refractivity contribution < 1.29 is 9.53 Å². The summed E-state index contributed by atoms with van der Waals surface area (Å²) < 4.78 is 4.73. The zero-order valence-electron chi connectivity index (χ0n) is 10.7. The number of ether oxygens (including phenoxy) is 1. The molecule has 4 nitrogen and oxygen atoms in total. The molecule has 2 atom stereocenters. The van der Waals surface area contributed by atoms with Crippen LogP contribution in [0, 0.1) is 5.92 Å². The highest BCUT2D eigenvalue weighted by molar-refractivity contribution is 5.69. The number of rotatable bonds is 5. The van der Waals surface area contributed by atoms with Gasteiger partial charge in [0.15, 0.2) is 0 Å². The van der Waals surface area contributed by atoms with Crippen molar-refractivity contribution in [3.05, 3.63) is 0 Å². The van der Waals surface area contributed by atoms with Gasteiger partial charge in [0.1, 0.15) is 0 Å². The lowest BCUT2D eigenvalue weighted by molar-refractivity contribution is -0.142. The van der Waals surface area contributed by atoms with E-state index in [1.807, 2.05) is 0 Å². The fourth-order valence-electron chi connectivity index (χ4n) is 2.41. The summed E-state index contributed by atoms with van der Waals surface area (Å²) in [4.78, 5) is 13.5. The Hall–Kier alpha value is -0.610. The van der Waals surface area contributed by atoms with Gasteiger partial charge in [-0.1, -0.05) is 6.92 Å². The van der Waals surface area contributed by atoms with Crippen LogP contribution in [0.15, 0.2) is 0 Å². The first kappa shape index (κ1) is 13.5. The van der Waals surface area contributed by atoms with E-state index in [1.54, 1.807) is 0 Å². The summed E-state index contributed by atoms with van der Waals surface area (Å²) in [5, 5.41) is 3.53. The molecule has 1 fully saturated rings. The van der Waals surface area contributed by atoms with Crippen LogP contribution in [-0.2, 0) is 9.53 Å². The second kappa shape index (κ2) is 6.86. The summed E-state index contributed by atoms with van der Waals surface area (Å²) in [5.41, 5.74) is 0. The summed E-state index contributed by atoms with van der Waals surface area (Å²) in [6.45, 7) is 5.31. The minimum atomic E-state index is -0.0884. The fraction of sp³-hybridized carbons (Fsp3) is 0.917. The summed E-state index contributed by atoms with van der Waals surface area (Å²) in [7, 11) is 3.58. The van der Waals surface area contributed by atoms with Crippen LogP contribution < -0.4 is 5.32 Å². The van der Waals surface area contributed by atoms with Gasteiger partial charge in [-0.15, -0.1) is 0 Å². The van der Waals surface area contributed by atoms with Gasteiger partial charge < -0.3 is 15.0 Å². The molecular weight excluding hydrogens is 204 g/mol. The van der Waals surface area contributed by atoms with Crippen LogP contribution in [0.2, 0.25) is 0 Å². The molecule has 94 valence electrons. The Morgan fingerprint density at radius 3 is 2.88 bits per heavy atom. The molecule has 0 spiro atoms. The normalized spacial score (nSPS) is 26.7. The van der Waals surface area contributed by atoms with E-state index in [9.17, 15) is 4.79 Å². The van der Waals surface area contributed by atoms with Gasteiger partial charge in [-0.3, -0.25) is 4.79 Å². The predicted octanol–water partition coefficient (Wildman–Crippen LogP) is 0.869. The van der Waals surface area contributed by atoms with Crippen molar-refractivity contribution in [1.29, 1.82) is 0 Å². The maximum absolute atomic E-state index is 11.2. The molecular formula is C12H24N2O2. The number of esters is 1. The number of nitrogens with one attached hydrogen (secondary N) is 1. The van der Waals surface area contributed by atoms with Crippen LogP contribution in [0.25, 0.3) is 0 Å². The lowest BCUT2D eigenvalue weighted by Gasteiger charge is -2.35. The van der Waals surface area contributed by atoms with Gasteiger partial charge in [0.25, 0.3) is 0 Å². The van der Waals surface area contributed by atoms with Gasteiger partial charge in [0.05, 0.1) is 7.11 Å². The van der Waals surface area contributed by atoms with E-state index in [1.165, 1.54) is 7.11 Å². The van der Waals surface area contributed by atoms with E-state index in [0.717, 1.165) is 32.5 Å². The lowest BCUT2D eigenvalue weighted by Crippen LogP contribution is -2.48. The van der Waals surface area contributed by atoms with Crippen LogP contribution in [0.3, 0.4) is 0 Å². The Kier molecular flexibility index (Phi) is 5.77. The minimum absolute atomic E-state index is 0.0884. The van der Waals surface area contributed by atoms with E-state index < -0.39 is 0 Å². The number of likely N-dealkylation sites (N-methyl/N-ethyl adjacent to an activating group) is 1. The third-order valence-corrected chi connectivity index (χ3v) is 3.09. The van der Waals surface area contributed by atoms with Crippen molar-refractivity contribution in [1.82, 2.24) is 10.2 Å². The van der Waals surface area contributed by atoms with Gasteiger partial charge in [-0.25, -0.2) is 0 Å². The van der Waals surface area contributed by atoms with Crippen molar-refractivity contribution in [2.45, 2.75) is 32.2 Å². The topological polar surface area (TPSA) is 41.6 Å². The van der Waals surface area contributed by atoms with Gasteiger partial charge >= 0.3 is 5.97 Å². The Bertz CT molecular complexity index is 221. The molecule has 1 saturated heterocycles. The number of hydrogen-bond acceptors (Lipinski definition) is 4. The SMILES string of the molecule is CCCNC1CC(CC(=O)OC)CN(C)C1. The summed E-state index contributed by atoms with van der Waals surface area (Å²) in [6.07, 6.45) is 2.78. The van der Waals surface area contributed by atoms with Gasteiger partial charge in [0.2, 0.25) is 0 Å². The molecule has 2 unspecified atom stereocenters. The standard InChI is InChI=1S/C12H24N2O2/c1-4-5-13-11-6-10(7-12(15)16-3)8-14(2)9-11/h10-11,13H,4-9H2,1-3H3. The molecule has 0 bridgehead atoms. The van der Waals surface area contributed by atoms with Crippen molar-refractivity contribution in [3.8, 4) is 0 Å². The fourth-order valence-corrected chi connectivity index (χ4v) is 2.41. The highest BCUT2D eigenvalue weighted by Crippen LogP contribution is 2.19. The molecule has 0 radical (unpaired) electrons. The summed E-state index contributed by atoms with van der Waals surface area (Å²) >= 11 is 0. The van der Waals surface area contributed by atoms with Gasteiger partial charge in [-0.05, 0) is 32.4 Å². The molecule has 1 N–H and O–H groups in total. The monoisotopic (exact) mass is 228 g/mol. The molecule has 1 aliphatic heterocycles. The van der Waals surface area contributed by atoms with Crippen LogP contribution in [0.1, 0.15) is 26.2 Å². The largest absolute Gasteiger partial charge is 0.469 e. The molecule has 0 aromatic heterocycles. The molecule has 0 aromatic rings. The first-order valence-corrected chi connectivity index (χ1v) is 6.14. The molecule has 0 aromatic carbocycles. The quantitative estimate of drug-likeness (QED) is 0.709. The van der Waals surface area contributed by atoms with Gasteiger partial charge in [0, 0.05) is 25.6 Å². The summed E-state index contributed by atoms with van der Waals surface area (Å²) in [5.74, 6) is 0.343. The predicted molar refractivity (Wildman–Crippen MR) is 64.3 cm³/mol. The molecule has 0 saturated carbocycles. The number of nitrogens with zero attached hydrogens (tertiary/aromatic N) is 1. The van der Waals surface area contributed by atoms with Crippen LogP contribution in [0.5, 0.6) is 0 Å². The smallest absolute Gasteiger partial charge is 0.305 e. The number of carbonyl (C=O) groups is 1. The number of piperidine rings is 1. The maximum atomic E-state index is 11.2. The minimum Gasteiger partial charge on any atom is -0.469 e. The number of likely N-dealkylation sites (tertiary alicyclic amines) is 1. The van der Waals surface area contributed by atoms with Crippen molar-refractivity contribution in [3.63, 3.8) is 0 Å². The van der Waals surface area contributed by atoms with E-state index in [4.69, 9.17) is 4.74 Å². The van der Waals surface area contributed by atoms with Crippen LogP contribution >= 0.6 is 0 Å². The maximum Gasteiger partial charge on any atom is 0.305 e. The first-order chi connectivity index (χ1) is 7.65. The lowest BCUT2D eigenvalue weighted by atomic mass is 9.92. The van der Waals surface area contributed by atoms with E-state index in [2.05, 4.69) is 24.2 Å². The second-order valence-electron chi connectivity index (χ2n) is 4.75. The average molecular weight is 228 g/mol. The third kappa shape index (κ3) is 4.49. The highest BCUT2D eigenvalue weighted by Gasteiger charge is 2.26. The van der Waals surface area contributed by atoms with Crippen LogP contribution in [-0.4, -0.2) is 50.7 Å². The van der Waals surface area contributed by atoms with Crippen molar-refractivity contribution in [2.24, 2.45) is 5.92 Å². The van der Waals surface area contributed by atoms with Gasteiger partial charge in [-0.2, -0.15) is 0 Å². The molecule has 1 aliphatic rings. The molecule has 1 heterocycles.